The molecule has 0 aromatic carbocycles. The van der Waals surface area contributed by atoms with Gasteiger partial charge in [-0.05, 0) is 38.5 Å². The van der Waals surface area contributed by atoms with Gasteiger partial charge in [0.15, 0.2) is 0 Å². The van der Waals surface area contributed by atoms with Crippen LogP contribution in [0.15, 0.2) is 12.2 Å². The van der Waals surface area contributed by atoms with Crippen LogP contribution >= 0.6 is 7.82 Å². The molecule has 3 atom stereocenters. The number of rotatable bonds is 48. The topological polar surface area (TPSA) is 155 Å². The monoisotopic (exact) mass is 860 g/mol. The molecule has 59 heavy (non-hydrogen) atoms. The second kappa shape index (κ2) is 44.8. The molecule has 0 rings (SSSR count). The number of allylic oxidation sites excluding steroid dienone is 2. The Balaban J connectivity index is 4.05. The first-order valence-corrected chi connectivity index (χ1v) is 26.2. The Kier molecular flexibility index (Phi) is 43.8. The maximum Gasteiger partial charge on any atom is 0.472 e. The van der Waals surface area contributed by atoms with Crippen LogP contribution in [0.3, 0.4) is 0 Å². The number of carboxylic acids is 1. The third-order valence-electron chi connectivity index (χ3n) is 11.0. The van der Waals surface area contributed by atoms with Crippen LogP contribution in [-0.4, -0.2) is 60.5 Å². The van der Waals surface area contributed by atoms with Crippen molar-refractivity contribution in [1.29, 1.82) is 0 Å². The Labute approximate surface area is 362 Å². The van der Waals surface area contributed by atoms with Gasteiger partial charge in [-0.1, -0.05) is 212 Å². The Morgan fingerprint density at radius 1 is 0.525 bits per heavy atom. The maximum atomic E-state index is 12.6. The fourth-order valence-corrected chi connectivity index (χ4v) is 7.97. The molecule has 0 aromatic rings. The van der Waals surface area contributed by atoms with Crippen LogP contribution < -0.4 is 5.73 Å². The molecular formula is C48H94NO9P. The Hall–Kier alpha value is -1.29. The second-order valence-electron chi connectivity index (χ2n) is 17.0. The number of esters is 1. The molecular weight excluding hydrogens is 765 g/mol. The van der Waals surface area contributed by atoms with Gasteiger partial charge in [-0.2, -0.15) is 0 Å². The first-order chi connectivity index (χ1) is 28.7. The molecule has 0 saturated heterocycles. The number of ether oxygens (including phenoxy) is 2. The summed E-state index contributed by atoms with van der Waals surface area (Å²) in [6, 6.07) is -1.47. The second-order valence-corrected chi connectivity index (χ2v) is 18.4. The molecule has 3 unspecified atom stereocenters. The van der Waals surface area contributed by atoms with Crippen LogP contribution in [-0.2, 0) is 32.7 Å². The van der Waals surface area contributed by atoms with Gasteiger partial charge in [0.25, 0.3) is 0 Å². The lowest BCUT2D eigenvalue weighted by atomic mass is 10.0. The van der Waals surface area contributed by atoms with E-state index in [-0.39, 0.29) is 13.0 Å². The SMILES string of the molecule is CCCCCCCCCC/C=C\CCCCCCCCCCCCCCOCC(COP(=O)(O)OCC(N)C(=O)O)OC(=O)CCCCCCCCCCCCCCC. The smallest absolute Gasteiger partial charge is 0.472 e. The summed E-state index contributed by atoms with van der Waals surface area (Å²) >= 11 is 0. The van der Waals surface area contributed by atoms with Gasteiger partial charge in [0.1, 0.15) is 12.1 Å². The zero-order valence-electron chi connectivity index (χ0n) is 38.4. The minimum absolute atomic E-state index is 0.0229. The molecule has 0 aliphatic carbocycles. The Bertz CT molecular complexity index is 998. The van der Waals surface area contributed by atoms with E-state index in [9.17, 15) is 19.0 Å². The van der Waals surface area contributed by atoms with Crippen molar-refractivity contribution in [2.45, 2.75) is 257 Å². The fraction of sp³-hybridized carbons (Fsp3) is 0.917. The third kappa shape index (κ3) is 44.6. The van der Waals surface area contributed by atoms with Crippen LogP contribution in [0.1, 0.15) is 245 Å². The Morgan fingerprint density at radius 3 is 1.29 bits per heavy atom. The Morgan fingerprint density at radius 2 is 0.881 bits per heavy atom. The summed E-state index contributed by atoms with van der Waals surface area (Å²) in [5, 5.41) is 8.91. The molecule has 0 aromatic heterocycles. The van der Waals surface area contributed by atoms with Crippen molar-refractivity contribution in [1.82, 2.24) is 0 Å². The summed E-state index contributed by atoms with van der Waals surface area (Å²) in [6.45, 7) is 3.92. The molecule has 350 valence electrons. The number of hydrogen-bond acceptors (Lipinski definition) is 8. The lowest BCUT2D eigenvalue weighted by Gasteiger charge is -2.20. The molecule has 11 heteroatoms. The van der Waals surface area contributed by atoms with Gasteiger partial charge in [0.2, 0.25) is 0 Å². The first-order valence-electron chi connectivity index (χ1n) is 24.7. The molecule has 0 aliphatic heterocycles. The minimum atomic E-state index is -4.61. The summed E-state index contributed by atoms with van der Waals surface area (Å²) in [5.41, 5.74) is 5.37. The van der Waals surface area contributed by atoms with Crippen molar-refractivity contribution < 1.29 is 42.7 Å². The number of carboxylic acid groups (broad SMARTS) is 1. The van der Waals surface area contributed by atoms with E-state index >= 15 is 0 Å². The molecule has 0 spiro atoms. The van der Waals surface area contributed by atoms with Gasteiger partial charge in [0.05, 0.1) is 19.8 Å². The van der Waals surface area contributed by atoms with E-state index in [1.807, 2.05) is 0 Å². The maximum absolute atomic E-state index is 12.6. The van der Waals surface area contributed by atoms with Crippen molar-refractivity contribution in [3.8, 4) is 0 Å². The highest BCUT2D eigenvalue weighted by atomic mass is 31.2. The molecule has 0 heterocycles. The normalized spacial score (nSPS) is 13.8. The van der Waals surface area contributed by atoms with Crippen LogP contribution in [0, 0.1) is 0 Å². The highest BCUT2D eigenvalue weighted by molar-refractivity contribution is 7.47. The van der Waals surface area contributed by atoms with E-state index < -0.39 is 45.1 Å². The zero-order chi connectivity index (χ0) is 43.3. The number of phosphoric ester groups is 1. The molecule has 0 aliphatic rings. The summed E-state index contributed by atoms with van der Waals surface area (Å²) in [4.78, 5) is 33.6. The van der Waals surface area contributed by atoms with E-state index in [1.54, 1.807) is 0 Å². The molecule has 0 saturated carbocycles. The zero-order valence-corrected chi connectivity index (χ0v) is 39.3. The van der Waals surface area contributed by atoms with Gasteiger partial charge in [-0.15, -0.1) is 0 Å². The van der Waals surface area contributed by atoms with E-state index in [0.29, 0.717) is 6.61 Å². The van der Waals surface area contributed by atoms with Gasteiger partial charge in [-0.3, -0.25) is 18.6 Å². The van der Waals surface area contributed by atoms with Gasteiger partial charge in [0, 0.05) is 13.0 Å². The lowest BCUT2D eigenvalue weighted by Crippen LogP contribution is -2.34. The quantitative estimate of drug-likeness (QED) is 0.0233. The van der Waals surface area contributed by atoms with Crippen LogP contribution in [0.4, 0.5) is 0 Å². The van der Waals surface area contributed by atoms with E-state index in [4.69, 9.17) is 29.4 Å². The molecule has 4 N–H and O–H groups in total. The van der Waals surface area contributed by atoms with Gasteiger partial charge < -0.3 is 25.2 Å². The first kappa shape index (κ1) is 57.7. The highest BCUT2D eigenvalue weighted by Crippen LogP contribution is 2.43. The minimum Gasteiger partial charge on any atom is -0.480 e. The van der Waals surface area contributed by atoms with Crippen LogP contribution in [0.5, 0.6) is 0 Å². The van der Waals surface area contributed by atoms with Crippen molar-refractivity contribution in [2.24, 2.45) is 5.73 Å². The summed E-state index contributed by atoms with van der Waals surface area (Å²) in [7, 11) is -4.61. The summed E-state index contributed by atoms with van der Waals surface area (Å²) in [5.74, 6) is -1.77. The molecule has 0 radical (unpaired) electrons. The number of hydrogen-bond donors (Lipinski definition) is 3. The van der Waals surface area contributed by atoms with E-state index in [1.165, 1.54) is 186 Å². The van der Waals surface area contributed by atoms with E-state index in [0.717, 1.165) is 38.5 Å². The number of carbonyl (C=O) groups is 2. The van der Waals surface area contributed by atoms with Crippen molar-refractivity contribution in [2.75, 3.05) is 26.4 Å². The predicted molar refractivity (Wildman–Crippen MR) is 245 cm³/mol. The van der Waals surface area contributed by atoms with Crippen molar-refractivity contribution in [3.63, 3.8) is 0 Å². The van der Waals surface area contributed by atoms with Crippen molar-refractivity contribution >= 4 is 19.8 Å². The van der Waals surface area contributed by atoms with E-state index in [2.05, 4.69) is 26.0 Å². The average Bonchev–Trinajstić information content (AvgIpc) is 3.21. The number of nitrogens with two attached hydrogens (primary N) is 1. The average molecular weight is 860 g/mol. The summed E-state index contributed by atoms with van der Waals surface area (Å²) < 4.78 is 33.4. The molecule has 10 nitrogen and oxygen atoms in total. The fourth-order valence-electron chi connectivity index (χ4n) is 7.19. The van der Waals surface area contributed by atoms with Crippen molar-refractivity contribution in [3.05, 3.63) is 12.2 Å². The highest BCUT2D eigenvalue weighted by Gasteiger charge is 2.27. The third-order valence-corrected chi connectivity index (χ3v) is 12.0. The van der Waals surface area contributed by atoms with Gasteiger partial charge in [-0.25, -0.2) is 4.57 Å². The molecule has 0 fully saturated rings. The van der Waals surface area contributed by atoms with Crippen LogP contribution in [0.2, 0.25) is 0 Å². The molecule has 0 bridgehead atoms. The number of aliphatic carboxylic acids is 1. The lowest BCUT2D eigenvalue weighted by molar-refractivity contribution is -0.154. The number of unbranched alkanes of at least 4 members (excludes halogenated alkanes) is 32. The predicted octanol–water partition coefficient (Wildman–Crippen LogP) is 14.1. The largest absolute Gasteiger partial charge is 0.480 e. The van der Waals surface area contributed by atoms with Gasteiger partial charge >= 0.3 is 19.8 Å². The summed E-state index contributed by atoms with van der Waals surface area (Å²) in [6.07, 6.45) is 48.4. The number of phosphoric acid groups is 1. The number of carbonyl (C=O) groups excluding carboxylic acids is 1. The molecule has 0 amide bonds. The van der Waals surface area contributed by atoms with Crippen LogP contribution in [0.25, 0.3) is 0 Å². The standard InChI is InChI=1S/C48H94NO9P/c1-3-5-7-9-11-13-15-17-18-19-20-21-22-23-24-25-26-27-29-31-33-35-37-39-41-55-42-45(43-56-59(53,54)57-44-46(49)48(51)52)58-47(50)40-38-36-34-32-30-28-16-14-12-10-8-6-4-2/h19-20,45-46H,3-18,21-44,49H2,1-2H3,(H,51,52)(H,53,54)/b20-19-.